The number of rotatable bonds is 6. The summed E-state index contributed by atoms with van der Waals surface area (Å²) in [6.07, 6.45) is 11.8. The summed E-state index contributed by atoms with van der Waals surface area (Å²) in [4.78, 5) is 0. The van der Waals surface area contributed by atoms with Crippen molar-refractivity contribution in [3.8, 4) is 0 Å². The van der Waals surface area contributed by atoms with E-state index in [4.69, 9.17) is 0 Å². The van der Waals surface area contributed by atoms with Gasteiger partial charge in [-0.2, -0.15) is 0 Å². The van der Waals surface area contributed by atoms with Crippen LogP contribution in [0.1, 0.15) is 24.5 Å². The highest BCUT2D eigenvalue weighted by Gasteiger charge is 2.10. The number of nitrogens with one attached hydrogen (secondary N) is 1. The van der Waals surface area contributed by atoms with E-state index in [-0.39, 0.29) is 0 Å². The van der Waals surface area contributed by atoms with Crippen LogP contribution in [0.4, 0.5) is 5.69 Å². The van der Waals surface area contributed by atoms with Crippen LogP contribution in [0.2, 0.25) is 0 Å². The molecule has 1 N–H and O–H groups in total. The number of allylic oxidation sites excluding steroid dienone is 6. The second kappa shape index (κ2) is 8.34. The Bertz CT molecular complexity index is 792. The smallest absolute Gasteiger partial charge is 0.0340 e. The fourth-order valence-corrected chi connectivity index (χ4v) is 3.09. The first-order chi connectivity index (χ1) is 12.3. The van der Waals surface area contributed by atoms with Crippen LogP contribution in [0, 0.1) is 5.92 Å². The summed E-state index contributed by atoms with van der Waals surface area (Å²) in [5.41, 5.74) is 6.24. The fourth-order valence-electron chi connectivity index (χ4n) is 3.09. The van der Waals surface area contributed by atoms with Gasteiger partial charge in [-0.05, 0) is 53.7 Å². The van der Waals surface area contributed by atoms with Gasteiger partial charge >= 0.3 is 0 Å². The van der Waals surface area contributed by atoms with Crippen LogP contribution in [0.15, 0.2) is 91.6 Å². The molecule has 0 radical (unpaired) electrons. The number of anilines is 1. The Balaban J connectivity index is 1.62. The van der Waals surface area contributed by atoms with E-state index in [0.717, 1.165) is 13.0 Å². The van der Waals surface area contributed by atoms with Crippen LogP contribution < -0.4 is 5.32 Å². The first kappa shape index (κ1) is 17.0. The molecule has 0 fully saturated rings. The lowest BCUT2D eigenvalue weighted by atomic mass is 9.92. The fraction of sp³-hybridized carbons (Fsp3) is 0.167. The van der Waals surface area contributed by atoms with Gasteiger partial charge in [0.15, 0.2) is 0 Å². The van der Waals surface area contributed by atoms with Crippen molar-refractivity contribution >= 4 is 16.8 Å². The third-order valence-electron chi connectivity index (χ3n) is 4.54. The second-order valence-electron chi connectivity index (χ2n) is 6.43. The molecule has 1 nitrogen and oxygen atoms in total. The van der Waals surface area contributed by atoms with Crippen LogP contribution in [0.3, 0.4) is 0 Å². The number of benzene rings is 2. The van der Waals surface area contributed by atoms with E-state index < -0.39 is 0 Å². The molecule has 0 bridgehead atoms. The van der Waals surface area contributed by atoms with Gasteiger partial charge in [0.2, 0.25) is 0 Å². The standard InChI is InChI=1S/C24H25N/c1-3-8-19(2)21-13-15-24(16-14-21)25-18-20-9-7-12-23(17-20)22-10-5-4-6-11-22/h3-8,10-17,20,25H,1,9,18H2,2H3/b19-8+. The van der Waals surface area contributed by atoms with Gasteiger partial charge in [0.25, 0.3) is 0 Å². The van der Waals surface area contributed by atoms with Crippen molar-refractivity contribution in [2.75, 3.05) is 11.9 Å². The molecule has 2 aromatic rings. The zero-order valence-electron chi connectivity index (χ0n) is 14.8. The molecule has 3 rings (SSSR count). The molecular formula is C24H25N. The van der Waals surface area contributed by atoms with Gasteiger partial charge in [0.05, 0.1) is 0 Å². The highest BCUT2D eigenvalue weighted by Crippen LogP contribution is 2.25. The normalized spacial score (nSPS) is 17.1. The molecule has 0 aromatic heterocycles. The molecule has 0 aliphatic heterocycles. The second-order valence-corrected chi connectivity index (χ2v) is 6.43. The van der Waals surface area contributed by atoms with Crippen molar-refractivity contribution in [1.82, 2.24) is 0 Å². The molecule has 1 unspecified atom stereocenters. The molecule has 1 heteroatoms. The molecule has 1 aliphatic carbocycles. The summed E-state index contributed by atoms with van der Waals surface area (Å²) >= 11 is 0. The minimum absolute atomic E-state index is 0.516. The van der Waals surface area contributed by atoms with Crippen LogP contribution in [-0.2, 0) is 0 Å². The first-order valence-electron chi connectivity index (χ1n) is 8.83. The molecule has 1 aliphatic rings. The summed E-state index contributed by atoms with van der Waals surface area (Å²) in [5.74, 6) is 0.516. The van der Waals surface area contributed by atoms with Crippen molar-refractivity contribution < 1.29 is 0 Å². The number of hydrogen-bond donors (Lipinski definition) is 1. The van der Waals surface area contributed by atoms with Crippen molar-refractivity contribution in [2.24, 2.45) is 5.92 Å². The van der Waals surface area contributed by atoms with Crippen molar-refractivity contribution in [2.45, 2.75) is 13.3 Å². The third kappa shape index (κ3) is 4.60. The number of hydrogen-bond acceptors (Lipinski definition) is 1. The zero-order valence-corrected chi connectivity index (χ0v) is 14.8. The minimum Gasteiger partial charge on any atom is -0.384 e. The van der Waals surface area contributed by atoms with E-state index in [1.54, 1.807) is 0 Å². The lowest BCUT2D eigenvalue weighted by Gasteiger charge is -2.18. The predicted octanol–water partition coefficient (Wildman–Crippen LogP) is 6.35. The topological polar surface area (TPSA) is 12.0 Å². The van der Waals surface area contributed by atoms with Gasteiger partial charge in [0.1, 0.15) is 0 Å². The Hall–Kier alpha value is -2.80. The van der Waals surface area contributed by atoms with E-state index in [1.807, 2.05) is 12.2 Å². The average Bonchev–Trinajstić information content (AvgIpc) is 2.68. The maximum atomic E-state index is 3.75. The largest absolute Gasteiger partial charge is 0.384 e. The Morgan fingerprint density at radius 2 is 1.88 bits per heavy atom. The van der Waals surface area contributed by atoms with E-state index in [1.165, 1.54) is 28.0 Å². The lowest BCUT2D eigenvalue weighted by Crippen LogP contribution is -2.13. The Kier molecular flexibility index (Phi) is 5.69. The van der Waals surface area contributed by atoms with Gasteiger partial charge in [-0.25, -0.2) is 0 Å². The summed E-state index contributed by atoms with van der Waals surface area (Å²) in [5, 5.41) is 3.57. The van der Waals surface area contributed by atoms with Gasteiger partial charge in [0, 0.05) is 12.2 Å². The van der Waals surface area contributed by atoms with Crippen LogP contribution in [0.5, 0.6) is 0 Å². The molecular weight excluding hydrogens is 302 g/mol. The van der Waals surface area contributed by atoms with E-state index >= 15 is 0 Å². The Morgan fingerprint density at radius 1 is 1.12 bits per heavy atom. The Labute approximate surface area is 151 Å². The molecule has 0 saturated carbocycles. The summed E-state index contributed by atoms with van der Waals surface area (Å²) in [6.45, 7) is 6.80. The maximum Gasteiger partial charge on any atom is 0.0340 e. The van der Waals surface area contributed by atoms with Gasteiger partial charge in [-0.15, -0.1) is 0 Å². The Morgan fingerprint density at radius 3 is 2.60 bits per heavy atom. The highest BCUT2D eigenvalue weighted by atomic mass is 14.9. The zero-order chi connectivity index (χ0) is 17.5. The van der Waals surface area contributed by atoms with Crippen molar-refractivity contribution in [3.63, 3.8) is 0 Å². The quantitative estimate of drug-likeness (QED) is 0.610. The van der Waals surface area contributed by atoms with E-state index in [2.05, 4.69) is 91.6 Å². The van der Waals surface area contributed by atoms with Crippen LogP contribution in [-0.4, -0.2) is 6.54 Å². The molecule has 0 spiro atoms. The minimum atomic E-state index is 0.516. The van der Waals surface area contributed by atoms with Gasteiger partial charge in [-0.1, -0.05) is 79.4 Å². The molecule has 0 heterocycles. The molecule has 126 valence electrons. The monoisotopic (exact) mass is 327 g/mol. The van der Waals surface area contributed by atoms with E-state index in [0.29, 0.717) is 5.92 Å². The predicted molar refractivity (Wildman–Crippen MR) is 110 cm³/mol. The third-order valence-corrected chi connectivity index (χ3v) is 4.54. The molecule has 0 saturated heterocycles. The van der Waals surface area contributed by atoms with Gasteiger partial charge in [-0.3, -0.25) is 0 Å². The summed E-state index contributed by atoms with van der Waals surface area (Å²) < 4.78 is 0. The lowest BCUT2D eigenvalue weighted by molar-refractivity contribution is 0.695. The van der Waals surface area contributed by atoms with Crippen molar-refractivity contribution in [3.05, 3.63) is 103 Å². The highest BCUT2D eigenvalue weighted by molar-refractivity contribution is 5.75. The molecule has 0 amide bonds. The molecule has 2 aromatic carbocycles. The molecule has 1 atom stereocenters. The van der Waals surface area contributed by atoms with E-state index in [9.17, 15) is 0 Å². The van der Waals surface area contributed by atoms with Crippen LogP contribution in [0.25, 0.3) is 11.1 Å². The SMILES string of the molecule is C=C/C=C(\C)c1ccc(NCC2C=C(c3ccccc3)C=CC2)cc1. The summed E-state index contributed by atoms with van der Waals surface area (Å²) in [6, 6.07) is 19.2. The van der Waals surface area contributed by atoms with Crippen molar-refractivity contribution in [1.29, 1.82) is 0 Å². The molecule has 25 heavy (non-hydrogen) atoms. The van der Waals surface area contributed by atoms with Crippen LogP contribution >= 0.6 is 0 Å². The van der Waals surface area contributed by atoms with Gasteiger partial charge < -0.3 is 5.32 Å². The first-order valence-corrected chi connectivity index (χ1v) is 8.83. The maximum absolute atomic E-state index is 3.75. The average molecular weight is 327 g/mol. The summed E-state index contributed by atoms with van der Waals surface area (Å²) in [7, 11) is 0.